The van der Waals surface area contributed by atoms with Crippen LogP contribution >= 0.6 is 0 Å². The number of amides is 1. The Kier molecular flexibility index (Phi) is 5.61. The number of ether oxygens (including phenoxy) is 3. The molecule has 1 aliphatic heterocycles. The van der Waals surface area contributed by atoms with Gasteiger partial charge in [0.05, 0.1) is 0 Å². The van der Waals surface area contributed by atoms with Gasteiger partial charge in [0.25, 0.3) is 0 Å². The molecule has 0 spiro atoms. The van der Waals surface area contributed by atoms with Crippen LogP contribution in [0.4, 0.5) is 4.39 Å². The van der Waals surface area contributed by atoms with Gasteiger partial charge in [-0.25, -0.2) is 4.39 Å². The number of benzene rings is 3. The highest BCUT2D eigenvalue weighted by atomic mass is 19.1. The lowest BCUT2D eigenvalue weighted by molar-refractivity contribution is -0.121. The third-order valence-electron chi connectivity index (χ3n) is 4.52. The van der Waals surface area contributed by atoms with E-state index >= 15 is 0 Å². The zero-order valence-electron chi connectivity index (χ0n) is 15.7. The number of fused-ring (bicyclic) bond motifs is 1. The maximum absolute atomic E-state index is 13.0. The van der Waals surface area contributed by atoms with E-state index in [0.29, 0.717) is 36.6 Å². The van der Waals surface area contributed by atoms with Gasteiger partial charge in [-0.3, -0.25) is 4.79 Å². The Bertz CT molecular complexity index is 1000. The monoisotopic (exact) mass is 393 g/mol. The van der Waals surface area contributed by atoms with E-state index in [1.165, 1.54) is 12.1 Å². The highest BCUT2D eigenvalue weighted by molar-refractivity contribution is 5.76. The minimum absolute atomic E-state index is 0.0347. The molecular formula is C23H20FNO4. The fourth-order valence-corrected chi connectivity index (χ4v) is 3.00. The van der Waals surface area contributed by atoms with Gasteiger partial charge in [-0.1, -0.05) is 18.2 Å². The van der Waals surface area contributed by atoms with Gasteiger partial charge < -0.3 is 19.5 Å². The summed E-state index contributed by atoms with van der Waals surface area (Å²) in [5, 5.41) is 2.92. The summed E-state index contributed by atoms with van der Waals surface area (Å²) >= 11 is 0. The third kappa shape index (κ3) is 5.04. The molecule has 6 heteroatoms. The zero-order chi connectivity index (χ0) is 20.1. The zero-order valence-corrected chi connectivity index (χ0v) is 15.7. The first kappa shape index (κ1) is 18.8. The second kappa shape index (κ2) is 8.65. The van der Waals surface area contributed by atoms with Crippen LogP contribution in [0.3, 0.4) is 0 Å². The van der Waals surface area contributed by atoms with Gasteiger partial charge >= 0.3 is 0 Å². The molecule has 0 aliphatic carbocycles. The van der Waals surface area contributed by atoms with Crippen molar-refractivity contribution in [3.05, 3.63) is 83.7 Å². The Morgan fingerprint density at radius 1 is 0.931 bits per heavy atom. The Morgan fingerprint density at radius 3 is 2.62 bits per heavy atom. The van der Waals surface area contributed by atoms with Crippen molar-refractivity contribution in [2.75, 3.05) is 6.79 Å². The number of halogens is 1. The van der Waals surface area contributed by atoms with Crippen LogP contribution in [0, 0.1) is 5.82 Å². The standard InChI is InChI=1S/C23H20FNO4/c24-18-6-8-19(9-7-18)29-20-3-1-2-16(12-20)5-11-23(26)25-14-17-4-10-21-22(13-17)28-15-27-21/h1-4,6-10,12-13H,5,11,14-15H2,(H,25,26). The molecule has 29 heavy (non-hydrogen) atoms. The maximum atomic E-state index is 13.0. The number of hydrogen-bond donors (Lipinski definition) is 1. The Labute approximate surface area is 168 Å². The largest absolute Gasteiger partial charge is 0.457 e. The molecule has 0 fully saturated rings. The first-order valence-corrected chi connectivity index (χ1v) is 9.33. The Morgan fingerprint density at radius 2 is 1.76 bits per heavy atom. The number of hydrogen-bond acceptors (Lipinski definition) is 4. The van der Waals surface area contributed by atoms with Gasteiger partial charge in [0.15, 0.2) is 11.5 Å². The van der Waals surface area contributed by atoms with E-state index in [1.807, 2.05) is 42.5 Å². The summed E-state index contributed by atoms with van der Waals surface area (Å²) in [6, 6.07) is 19.0. The van der Waals surface area contributed by atoms with Crippen molar-refractivity contribution >= 4 is 5.91 Å². The van der Waals surface area contributed by atoms with Gasteiger partial charge in [-0.15, -0.1) is 0 Å². The van der Waals surface area contributed by atoms with E-state index in [2.05, 4.69) is 5.32 Å². The van der Waals surface area contributed by atoms with Crippen LogP contribution in [0.1, 0.15) is 17.5 Å². The predicted octanol–water partition coefficient (Wildman–Crippen LogP) is 4.60. The molecule has 1 amide bonds. The minimum Gasteiger partial charge on any atom is -0.457 e. The molecule has 3 aromatic rings. The van der Waals surface area contributed by atoms with E-state index < -0.39 is 0 Å². The summed E-state index contributed by atoms with van der Waals surface area (Å²) in [6.45, 7) is 0.665. The number of carbonyl (C=O) groups is 1. The highest BCUT2D eigenvalue weighted by Crippen LogP contribution is 2.32. The molecule has 0 unspecified atom stereocenters. The van der Waals surface area contributed by atoms with Crippen LogP contribution in [-0.2, 0) is 17.8 Å². The normalized spacial score (nSPS) is 11.9. The quantitative estimate of drug-likeness (QED) is 0.638. The van der Waals surface area contributed by atoms with Crippen LogP contribution in [0.15, 0.2) is 66.7 Å². The lowest BCUT2D eigenvalue weighted by Gasteiger charge is -2.09. The van der Waals surface area contributed by atoms with Crippen LogP contribution in [0.5, 0.6) is 23.0 Å². The van der Waals surface area contributed by atoms with Gasteiger partial charge in [0.1, 0.15) is 17.3 Å². The number of rotatable bonds is 7. The minimum atomic E-state index is -0.308. The topological polar surface area (TPSA) is 56.8 Å². The second-order valence-electron chi connectivity index (χ2n) is 6.67. The summed E-state index contributed by atoms with van der Waals surface area (Å²) in [4.78, 5) is 12.2. The molecule has 5 nitrogen and oxygen atoms in total. The van der Waals surface area contributed by atoms with Crippen LogP contribution in [-0.4, -0.2) is 12.7 Å². The molecule has 0 bridgehead atoms. The van der Waals surface area contributed by atoms with E-state index in [9.17, 15) is 9.18 Å². The van der Waals surface area contributed by atoms with E-state index in [-0.39, 0.29) is 18.5 Å². The fourth-order valence-electron chi connectivity index (χ4n) is 3.00. The van der Waals surface area contributed by atoms with Crippen molar-refractivity contribution in [1.82, 2.24) is 5.32 Å². The van der Waals surface area contributed by atoms with Gasteiger partial charge in [0.2, 0.25) is 12.7 Å². The molecule has 0 atom stereocenters. The molecular weight excluding hydrogens is 373 g/mol. The van der Waals surface area contributed by atoms with Crippen molar-refractivity contribution in [2.24, 2.45) is 0 Å². The van der Waals surface area contributed by atoms with Gasteiger partial charge in [0, 0.05) is 13.0 Å². The first-order valence-electron chi connectivity index (χ1n) is 9.33. The molecule has 1 aliphatic rings. The summed E-state index contributed by atoms with van der Waals surface area (Å²) < 4.78 is 29.4. The van der Waals surface area contributed by atoms with Gasteiger partial charge in [-0.2, -0.15) is 0 Å². The molecule has 0 saturated carbocycles. The van der Waals surface area contributed by atoms with Crippen LogP contribution in [0.25, 0.3) is 0 Å². The Balaban J connectivity index is 1.27. The number of aryl methyl sites for hydroxylation is 1. The average Bonchev–Trinajstić information content (AvgIpc) is 3.21. The summed E-state index contributed by atoms with van der Waals surface area (Å²) in [6.07, 6.45) is 0.956. The predicted molar refractivity (Wildman–Crippen MR) is 106 cm³/mol. The number of carbonyl (C=O) groups excluding carboxylic acids is 1. The molecule has 1 N–H and O–H groups in total. The smallest absolute Gasteiger partial charge is 0.231 e. The highest BCUT2D eigenvalue weighted by Gasteiger charge is 2.13. The Hall–Kier alpha value is -3.54. The van der Waals surface area contributed by atoms with E-state index in [1.54, 1.807) is 12.1 Å². The molecule has 3 aromatic carbocycles. The first-order chi connectivity index (χ1) is 14.2. The van der Waals surface area contributed by atoms with E-state index in [4.69, 9.17) is 14.2 Å². The molecule has 0 saturated heterocycles. The van der Waals surface area contributed by atoms with Crippen LogP contribution < -0.4 is 19.5 Å². The molecule has 4 rings (SSSR count). The fraction of sp³-hybridized carbons (Fsp3) is 0.174. The summed E-state index contributed by atoms with van der Waals surface area (Å²) in [5.74, 6) is 2.29. The van der Waals surface area contributed by atoms with E-state index in [0.717, 1.165) is 16.9 Å². The van der Waals surface area contributed by atoms with Crippen molar-refractivity contribution in [3.8, 4) is 23.0 Å². The summed E-state index contributed by atoms with van der Waals surface area (Å²) in [5.41, 5.74) is 1.94. The van der Waals surface area contributed by atoms with Crippen molar-refractivity contribution in [2.45, 2.75) is 19.4 Å². The van der Waals surface area contributed by atoms with Crippen molar-refractivity contribution < 1.29 is 23.4 Å². The number of nitrogens with one attached hydrogen (secondary N) is 1. The van der Waals surface area contributed by atoms with Gasteiger partial charge in [-0.05, 0) is 66.1 Å². The lowest BCUT2D eigenvalue weighted by Crippen LogP contribution is -2.22. The average molecular weight is 393 g/mol. The third-order valence-corrected chi connectivity index (χ3v) is 4.52. The molecule has 1 heterocycles. The molecule has 0 aromatic heterocycles. The van der Waals surface area contributed by atoms with Crippen molar-refractivity contribution in [3.63, 3.8) is 0 Å². The second-order valence-corrected chi connectivity index (χ2v) is 6.67. The SMILES string of the molecule is O=C(CCc1cccc(Oc2ccc(F)cc2)c1)NCc1ccc2c(c1)OCO2. The molecule has 0 radical (unpaired) electrons. The van der Waals surface area contributed by atoms with Crippen LogP contribution in [0.2, 0.25) is 0 Å². The molecule has 148 valence electrons. The lowest BCUT2D eigenvalue weighted by atomic mass is 10.1. The maximum Gasteiger partial charge on any atom is 0.231 e. The van der Waals surface area contributed by atoms with Crippen molar-refractivity contribution in [1.29, 1.82) is 0 Å². The summed E-state index contributed by atoms with van der Waals surface area (Å²) in [7, 11) is 0.